The van der Waals surface area contributed by atoms with E-state index in [-0.39, 0.29) is 5.91 Å². The van der Waals surface area contributed by atoms with E-state index in [0.29, 0.717) is 23.5 Å². The molecule has 0 aliphatic heterocycles. The predicted octanol–water partition coefficient (Wildman–Crippen LogP) is 1.49. The lowest BCUT2D eigenvalue weighted by Crippen LogP contribution is -2.36. The number of methoxy groups -OCH3 is 1. The van der Waals surface area contributed by atoms with E-state index in [1.165, 1.54) is 12.8 Å². The highest BCUT2D eigenvalue weighted by Crippen LogP contribution is 2.25. The van der Waals surface area contributed by atoms with E-state index in [2.05, 4.69) is 17.1 Å². The van der Waals surface area contributed by atoms with Gasteiger partial charge in [0.2, 0.25) is 0 Å². The standard InChI is InChI=1S/C15H23N3O2/c1-3-18(11-4-5-11)9-8-17-15(19)13-10-12(20-2)6-7-14(13)16/h6-7,10-11H,3-5,8-9,16H2,1-2H3,(H,17,19). The summed E-state index contributed by atoms with van der Waals surface area (Å²) in [6, 6.07) is 5.83. The van der Waals surface area contributed by atoms with Crippen LogP contribution in [0.1, 0.15) is 30.1 Å². The fraction of sp³-hybridized carbons (Fsp3) is 0.533. The van der Waals surface area contributed by atoms with Gasteiger partial charge in [-0.1, -0.05) is 6.92 Å². The van der Waals surface area contributed by atoms with Crippen LogP contribution in [0.4, 0.5) is 5.69 Å². The molecule has 1 aromatic carbocycles. The highest BCUT2D eigenvalue weighted by molar-refractivity contribution is 5.99. The SMILES string of the molecule is CCN(CCNC(=O)c1cc(OC)ccc1N)C1CC1. The van der Waals surface area contributed by atoms with Crippen LogP contribution in [0.2, 0.25) is 0 Å². The van der Waals surface area contributed by atoms with Gasteiger partial charge in [-0.15, -0.1) is 0 Å². The van der Waals surface area contributed by atoms with Crippen molar-refractivity contribution in [3.8, 4) is 5.75 Å². The normalized spacial score (nSPS) is 14.3. The zero-order valence-corrected chi connectivity index (χ0v) is 12.2. The number of hydrogen-bond donors (Lipinski definition) is 2. The quantitative estimate of drug-likeness (QED) is 0.741. The Hall–Kier alpha value is -1.75. The van der Waals surface area contributed by atoms with Crippen LogP contribution in [0.3, 0.4) is 0 Å². The molecular weight excluding hydrogens is 254 g/mol. The maximum absolute atomic E-state index is 12.1. The molecule has 0 atom stereocenters. The van der Waals surface area contributed by atoms with Gasteiger partial charge < -0.3 is 15.8 Å². The lowest BCUT2D eigenvalue weighted by Gasteiger charge is -2.19. The topological polar surface area (TPSA) is 67.6 Å². The van der Waals surface area contributed by atoms with Crippen molar-refractivity contribution in [2.24, 2.45) is 0 Å². The van der Waals surface area contributed by atoms with Crippen LogP contribution in [0, 0.1) is 0 Å². The zero-order chi connectivity index (χ0) is 14.5. The number of carbonyl (C=O) groups is 1. The van der Waals surface area contributed by atoms with Gasteiger partial charge >= 0.3 is 0 Å². The molecule has 1 aliphatic carbocycles. The number of nitrogens with zero attached hydrogens (tertiary/aromatic N) is 1. The van der Waals surface area contributed by atoms with Gasteiger partial charge in [-0.25, -0.2) is 0 Å². The second kappa shape index (κ2) is 6.61. The van der Waals surface area contributed by atoms with E-state index >= 15 is 0 Å². The lowest BCUT2D eigenvalue weighted by molar-refractivity contribution is 0.0948. The maximum atomic E-state index is 12.1. The van der Waals surface area contributed by atoms with Crippen LogP contribution >= 0.6 is 0 Å². The fourth-order valence-corrected chi connectivity index (χ4v) is 2.31. The van der Waals surface area contributed by atoms with E-state index < -0.39 is 0 Å². The fourth-order valence-electron chi connectivity index (χ4n) is 2.31. The third-order valence-corrected chi connectivity index (χ3v) is 3.66. The zero-order valence-electron chi connectivity index (χ0n) is 12.2. The Kier molecular flexibility index (Phi) is 4.84. The van der Waals surface area contributed by atoms with Gasteiger partial charge in [-0.05, 0) is 37.6 Å². The van der Waals surface area contributed by atoms with Crippen molar-refractivity contribution < 1.29 is 9.53 Å². The highest BCUT2D eigenvalue weighted by atomic mass is 16.5. The number of nitrogens with two attached hydrogens (primary N) is 1. The minimum atomic E-state index is -0.145. The van der Waals surface area contributed by atoms with Gasteiger partial charge in [-0.2, -0.15) is 0 Å². The number of hydrogen-bond acceptors (Lipinski definition) is 4. The number of rotatable bonds is 7. The molecule has 0 radical (unpaired) electrons. The molecule has 0 spiro atoms. The summed E-state index contributed by atoms with van der Waals surface area (Å²) in [5, 5.41) is 2.92. The summed E-state index contributed by atoms with van der Waals surface area (Å²) >= 11 is 0. The van der Waals surface area contributed by atoms with E-state index in [9.17, 15) is 4.79 Å². The van der Waals surface area contributed by atoms with Crippen molar-refractivity contribution in [1.29, 1.82) is 0 Å². The van der Waals surface area contributed by atoms with E-state index in [1.54, 1.807) is 25.3 Å². The lowest BCUT2D eigenvalue weighted by atomic mass is 10.1. The monoisotopic (exact) mass is 277 g/mol. The second-order valence-electron chi connectivity index (χ2n) is 5.07. The number of ether oxygens (including phenoxy) is 1. The average molecular weight is 277 g/mol. The molecule has 2 rings (SSSR count). The Labute approximate surface area is 120 Å². The van der Waals surface area contributed by atoms with Crippen molar-refractivity contribution in [2.45, 2.75) is 25.8 Å². The maximum Gasteiger partial charge on any atom is 0.253 e. The Morgan fingerprint density at radius 2 is 2.25 bits per heavy atom. The first-order valence-electron chi connectivity index (χ1n) is 7.11. The summed E-state index contributed by atoms with van der Waals surface area (Å²) in [6.07, 6.45) is 2.56. The molecule has 5 nitrogen and oxygen atoms in total. The van der Waals surface area contributed by atoms with E-state index in [0.717, 1.165) is 19.1 Å². The number of nitrogens with one attached hydrogen (secondary N) is 1. The van der Waals surface area contributed by atoms with Gasteiger partial charge in [0, 0.05) is 24.8 Å². The number of nitrogen functional groups attached to an aromatic ring is 1. The van der Waals surface area contributed by atoms with Crippen molar-refractivity contribution in [1.82, 2.24) is 10.2 Å². The highest BCUT2D eigenvalue weighted by Gasteiger charge is 2.27. The first-order valence-corrected chi connectivity index (χ1v) is 7.11. The molecule has 0 aromatic heterocycles. The Morgan fingerprint density at radius 1 is 1.50 bits per heavy atom. The van der Waals surface area contributed by atoms with Gasteiger partial charge in [0.05, 0.1) is 12.7 Å². The number of carbonyl (C=O) groups excluding carboxylic acids is 1. The van der Waals surface area contributed by atoms with Crippen molar-refractivity contribution in [3.05, 3.63) is 23.8 Å². The van der Waals surface area contributed by atoms with Gasteiger partial charge in [0.15, 0.2) is 0 Å². The molecule has 0 bridgehead atoms. The number of amides is 1. The molecule has 1 saturated carbocycles. The summed E-state index contributed by atoms with van der Waals surface area (Å²) in [5.74, 6) is 0.491. The molecule has 5 heteroatoms. The van der Waals surface area contributed by atoms with Crippen LogP contribution in [0.5, 0.6) is 5.75 Å². The largest absolute Gasteiger partial charge is 0.497 e. The molecule has 20 heavy (non-hydrogen) atoms. The average Bonchev–Trinajstić information content (AvgIpc) is 3.28. The molecule has 1 aliphatic rings. The number of likely N-dealkylation sites (N-methyl/N-ethyl adjacent to an activating group) is 1. The molecular formula is C15H23N3O2. The summed E-state index contributed by atoms with van der Waals surface area (Å²) in [5.41, 5.74) is 6.78. The number of anilines is 1. The molecule has 1 fully saturated rings. The van der Waals surface area contributed by atoms with Crippen molar-refractivity contribution in [3.63, 3.8) is 0 Å². The first-order chi connectivity index (χ1) is 9.65. The molecule has 110 valence electrons. The third-order valence-electron chi connectivity index (χ3n) is 3.66. The van der Waals surface area contributed by atoms with Gasteiger partial charge in [0.1, 0.15) is 5.75 Å². The molecule has 0 heterocycles. The van der Waals surface area contributed by atoms with Gasteiger partial charge in [-0.3, -0.25) is 9.69 Å². The van der Waals surface area contributed by atoms with Gasteiger partial charge in [0.25, 0.3) is 5.91 Å². The van der Waals surface area contributed by atoms with E-state index in [4.69, 9.17) is 10.5 Å². The van der Waals surface area contributed by atoms with Crippen LogP contribution < -0.4 is 15.8 Å². The minimum absolute atomic E-state index is 0.145. The molecule has 3 N–H and O–H groups in total. The molecule has 1 amide bonds. The first kappa shape index (κ1) is 14.7. The predicted molar refractivity (Wildman–Crippen MR) is 80.0 cm³/mol. The van der Waals surface area contributed by atoms with Crippen LogP contribution in [-0.2, 0) is 0 Å². The second-order valence-corrected chi connectivity index (χ2v) is 5.07. The van der Waals surface area contributed by atoms with Crippen molar-refractivity contribution >= 4 is 11.6 Å². The minimum Gasteiger partial charge on any atom is -0.497 e. The third kappa shape index (κ3) is 3.63. The Bertz CT molecular complexity index is 472. The number of benzene rings is 1. The van der Waals surface area contributed by atoms with Crippen LogP contribution in [0.15, 0.2) is 18.2 Å². The summed E-state index contributed by atoms with van der Waals surface area (Å²) in [6.45, 7) is 4.71. The van der Waals surface area contributed by atoms with Crippen LogP contribution in [-0.4, -0.2) is 43.6 Å². The van der Waals surface area contributed by atoms with Crippen molar-refractivity contribution in [2.75, 3.05) is 32.5 Å². The smallest absolute Gasteiger partial charge is 0.253 e. The molecule has 0 unspecified atom stereocenters. The molecule has 1 aromatic rings. The Morgan fingerprint density at radius 3 is 2.85 bits per heavy atom. The summed E-state index contributed by atoms with van der Waals surface area (Å²) in [7, 11) is 1.57. The Balaban J connectivity index is 1.87. The van der Waals surface area contributed by atoms with Crippen LogP contribution in [0.25, 0.3) is 0 Å². The summed E-state index contributed by atoms with van der Waals surface area (Å²) < 4.78 is 5.12. The summed E-state index contributed by atoms with van der Waals surface area (Å²) in [4.78, 5) is 14.5. The van der Waals surface area contributed by atoms with E-state index in [1.807, 2.05) is 0 Å². The molecule has 0 saturated heterocycles.